The zero-order chi connectivity index (χ0) is 21.8. The third-order valence-corrected chi connectivity index (χ3v) is 5.38. The number of rotatable bonds is 5. The fraction of sp³-hybridized carbons (Fsp3) is 0.348. The van der Waals surface area contributed by atoms with E-state index >= 15 is 0 Å². The first kappa shape index (κ1) is 20.7. The van der Waals surface area contributed by atoms with Gasteiger partial charge in [-0.25, -0.2) is 9.78 Å². The first-order valence-electron chi connectivity index (χ1n) is 10.5. The Bertz CT molecular complexity index is 1030. The molecule has 3 heterocycles. The maximum atomic E-state index is 12.7. The van der Waals surface area contributed by atoms with Crippen LogP contribution in [0, 0.1) is 0 Å². The van der Waals surface area contributed by atoms with Gasteiger partial charge in [0.25, 0.3) is 5.91 Å². The highest BCUT2D eigenvalue weighted by molar-refractivity contribution is 5.92. The van der Waals surface area contributed by atoms with Crippen LogP contribution in [0.15, 0.2) is 59.5 Å². The number of anilines is 1. The zero-order valence-electron chi connectivity index (χ0n) is 17.8. The lowest BCUT2D eigenvalue weighted by atomic mass is 10.1. The van der Waals surface area contributed by atoms with E-state index in [2.05, 4.69) is 28.7 Å². The van der Waals surface area contributed by atoms with E-state index < -0.39 is 0 Å². The van der Waals surface area contributed by atoms with Crippen LogP contribution < -0.4 is 5.32 Å². The predicted molar refractivity (Wildman–Crippen MR) is 117 cm³/mol. The summed E-state index contributed by atoms with van der Waals surface area (Å²) in [7, 11) is 0. The van der Waals surface area contributed by atoms with E-state index in [4.69, 9.17) is 4.42 Å². The van der Waals surface area contributed by atoms with Crippen molar-refractivity contribution < 1.29 is 14.0 Å². The summed E-state index contributed by atoms with van der Waals surface area (Å²) in [6, 6.07) is 11.0. The highest BCUT2D eigenvalue weighted by Gasteiger charge is 2.26. The lowest BCUT2D eigenvalue weighted by Gasteiger charge is -2.34. The number of urea groups is 1. The number of hydrogen-bond acceptors (Lipinski definition) is 4. The van der Waals surface area contributed by atoms with Crippen molar-refractivity contribution in [2.75, 3.05) is 31.5 Å². The zero-order valence-corrected chi connectivity index (χ0v) is 17.8. The van der Waals surface area contributed by atoms with Gasteiger partial charge in [0.2, 0.25) is 0 Å². The molecule has 8 nitrogen and oxygen atoms in total. The molecule has 31 heavy (non-hydrogen) atoms. The maximum absolute atomic E-state index is 12.7. The number of imidazole rings is 1. The van der Waals surface area contributed by atoms with Crippen molar-refractivity contribution >= 4 is 17.6 Å². The molecule has 162 valence electrons. The third-order valence-electron chi connectivity index (χ3n) is 5.38. The number of aromatic nitrogens is 2. The monoisotopic (exact) mass is 421 g/mol. The maximum Gasteiger partial charge on any atom is 0.321 e. The van der Waals surface area contributed by atoms with Crippen molar-refractivity contribution in [2.24, 2.45) is 0 Å². The topological polar surface area (TPSA) is 83.6 Å². The summed E-state index contributed by atoms with van der Waals surface area (Å²) in [5.41, 5.74) is 1.84. The van der Waals surface area contributed by atoms with Crippen LogP contribution in [0.2, 0.25) is 0 Å². The van der Waals surface area contributed by atoms with Crippen LogP contribution in [0.1, 0.15) is 41.7 Å². The molecule has 8 heteroatoms. The number of benzene rings is 1. The second-order valence-electron chi connectivity index (χ2n) is 7.96. The second kappa shape index (κ2) is 9.07. The lowest BCUT2D eigenvalue weighted by Crippen LogP contribution is -2.51. The van der Waals surface area contributed by atoms with E-state index in [1.165, 1.54) is 6.26 Å². The minimum atomic E-state index is -0.159. The van der Waals surface area contributed by atoms with E-state index in [1.54, 1.807) is 21.9 Å². The van der Waals surface area contributed by atoms with Crippen molar-refractivity contribution in [3.63, 3.8) is 0 Å². The molecule has 1 N–H and O–H groups in total. The third kappa shape index (κ3) is 4.79. The van der Waals surface area contributed by atoms with Crippen LogP contribution in [0.3, 0.4) is 0 Å². The van der Waals surface area contributed by atoms with Crippen molar-refractivity contribution in [1.29, 1.82) is 0 Å². The molecule has 1 aromatic carbocycles. The Morgan fingerprint density at radius 1 is 1.10 bits per heavy atom. The Labute approximate surface area is 181 Å². The summed E-state index contributed by atoms with van der Waals surface area (Å²) in [5.74, 6) is 1.57. The average Bonchev–Trinajstić information content (AvgIpc) is 3.46. The fourth-order valence-corrected chi connectivity index (χ4v) is 3.77. The van der Waals surface area contributed by atoms with Gasteiger partial charge < -0.3 is 24.1 Å². The average molecular weight is 422 g/mol. The Kier molecular flexibility index (Phi) is 6.06. The van der Waals surface area contributed by atoms with Crippen molar-refractivity contribution in [2.45, 2.75) is 26.3 Å². The number of furan rings is 1. The molecule has 2 aromatic heterocycles. The number of nitrogens with zero attached hydrogens (tertiary/aromatic N) is 4. The first-order chi connectivity index (χ1) is 15.0. The number of nitrogens with one attached hydrogen (secondary N) is 1. The van der Waals surface area contributed by atoms with E-state index in [9.17, 15) is 9.59 Å². The van der Waals surface area contributed by atoms with E-state index in [0.29, 0.717) is 44.4 Å². The number of hydrogen-bond donors (Lipinski definition) is 1. The summed E-state index contributed by atoms with van der Waals surface area (Å²) < 4.78 is 7.31. The van der Waals surface area contributed by atoms with Crippen molar-refractivity contribution in [3.8, 4) is 0 Å². The first-order valence-corrected chi connectivity index (χ1v) is 10.5. The van der Waals surface area contributed by atoms with Gasteiger partial charge in [-0.15, -0.1) is 0 Å². The molecule has 0 saturated carbocycles. The van der Waals surface area contributed by atoms with Crippen LogP contribution in [-0.2, 0) is 6.54 Å². The fourth-order valence-electron chi connectivity index (χ4n) is 3.77. The highest BCUT2D eigenvalue weighted by Crippen LogP contribution is 2.17. The summed E-state index contributed by atoms with van der Waals surface area (Å²) >= 11 is 0. The van der Waals surface area contributed by atoms with Crippen LogP contribution in [-0.4, -0.2) is 57.5 Å². The van der Waals surface area contributed by atoms with E-state index in [0.717, 1.165) is 17.1 Å². The van der Waals surface area contributed by atoms with Crippen molar-refractivity contribution in [1.82, 2.24) is 19.4 Å². The molecule has 1 aliphatic rings. The molecule has 0 aliphatic carbocycles. The van der Waals surface area contributed by atoms with Gasteiger partial charge in [-0.3, -0.25) is 4.79 Å². The minimum Gasteiger partial charge on any atom is -0.459 e. The Balaban J connectivity index is 1.33. The van der Waals surface area contributed by atoms with Crippen LogP contribution in [0.5, 0.6) is 0 Å². The number of carbonyl (C=O) groups is 2. The SMILES string of the molecule is CC(C)c1nccn1Cc1cccc(NC(=O)N2CCN(C(=O)c3ccco3)CC2)c1. The molecule has 0 radical (unpaired) electrons. The smallest absolute Gasteiger partial charge is 0.321 e. The van der Waals surface area contributed by atoms with Crippen LogP contribution in [0.25, 0.3) is 0 Å². The predicted octanol–water partition coefficient (Wildman–Crippen LogP) is 3.64. The van der Waals surface area contributed by atoms with Crippen molar-refractivity contribution in [3.05, 3.63) is 72.2 Å². The summed E-state index contributed by atoms with van der Waals surface area (Å²) in [4.78, 5) is 33.0. The molecular weight excluding hydrogens is 394 g/mol. The molecule has 3 amide bonds. The standard InChI is InChI=1S/C23H27N5O3/c1-17(2)21-24-8-9-28(21)16-18-5-3-6-19(15-18)25-23(30)27-12-10-26(11-13-27)22(29)20-7-4-14-31-20/h3-9,14-15,17H,10-13,16H2,1-2H3,(H,25,30). The molecule has 1 fully saturated rings. The number of amides is 3. The summed E-state index contributed by atoms with van der Waals surface area (Å²) in [5, 5.41) is 2.98. The second-order valence-corrected chi connectivity index (χ2v) is 7.96. The largest absolute Gasteiger partial charge is 0.459 e. The van der Waals surface area contributed by atoms with E-state index in [-0.39, 0.29) is 11.9 Å². The van der Waals surface area contributed by atoms with Gasteiger partial charge in [0.1, 0.15) is 5.82 Å². The molecule has 4 rings (SSSR count). The van der Waals surface area contributed by atoms with Gasteiger partial charge in [0.05, 0.1) is 6.26 Å². The van der Waals surface area contributed by atoms with Gasteiger partial charge in [0, 0.05) is 56.7 Å². The quantitative estimate of drug-likeness (QED) is 0.682. The highest BCUT2D eigenvalue weighted by atomic mass is 16.3. The molecule has 0 bridgehead atoms. The lowest BCUT2D eigenvalue weighted by molar-refractivity contribution is 0.0640. The summed E-state index contributed by atoms with van der Waals surface area (Å²) in [6.07, 6.45) is 5.28. The number of carbonyl (C=O) groups excluding carboxylic acids is 2. The molecule has 1 saturated heterocycles. The van der Waals surface area contributed by atoms with Gasteiger partial charge >= 0.3 is 6.03 Å². The van der Waals surface area contributed by atoms with E-state index in [1.807, 2.05) is 36.7 Å². The van der Waals surface area contributed by atoms with Crippen LogP contribution >= 0.6 is 0 Å². The normalized spacial score (nSPS) is 14.2. The Hall–Kier alpha value is -3.55. The van der Waals surface area contributed by atoms with Gasteiger partial charge in [-0.05, 0) is 29.8 Å². The van der Waals surface area contributed by atoms with Gasteiger partial charge in [-0.2, -0.15) is 0 Å². The Morgan fingerprint density at radius 3 is 2.58 bits per heavy atom. The van der Waals surface area contributed by atoms with Gasteiger partial charge in [-0.1, -0.05) is 26.0 Å². The molecular formula is C23H27N5O3. The van der Waals surface area contributed by atoms with Gasteiger partial charge in [0.15, 0.2) is 5.76 Å². The summed E-state index contributed by atoms with van der Waals surface area (Å²) in [6.45, 7) is 6.85. The minimum absolute atomic E-state index is 0.141. The number of piperazine rings is 1. The Morgan fingerprint density at radius 2 is 1.87 bits per heavy atom. The van der Waals surface area contributed by atoms with Crippen LogP contribution in [0.4, 0.5) is 10.5 Å². The molecule has 1 aliphatic heterocycles. The molecule has 3 aromatic rings. The molecule has 0 unspecified atom stereocenters. The molecule has 0 spiro atoms. The molecule has 0 atom stereocenters.